The number of phenols is 2. The van der Waals surface area contributed by atoms with E-state index in [4.69, 9.17) is 4.74 Å². The quantitative estimate of drug-likeness (QED) is 0.258. The van der Waals surface area contributed by atoms with Crippen molar-refractivity contribution in [3.05, 3.63) is 18.2 Å². The number of phenolic OH excluding ortho intramolecular Hbond substituents is 2. The maximum absolute atomic E-state index is 12.8. The number of carboxylic acid groups (broad SMARTS) is 1. The van der Waals surface area contributed by atoms with Gasteiger partial charge < -0.3 is 35.2 Å². The Morgan fingerprint density at radius 2 is 1.94 bits per heavy atom. The molecule has 31 heavy (non-hydrogen) atoms. The van der Waals surface area contributed by atoms with Crippen LogP contribution in [0.3, 0.4) is 0 Å². The van der Waals surface area contributed by atoms with E-state index in [0.29, 0.717) is 5.69 Å². The third-order valence-corrected chi connectivity index (χ3v) is 8.77. The van der Waals surface area contributed by atoms with Crippen LogP contribution in [0.25, 0.3) is 0 Å². The fraction of sp³-hybridized carbons (Fsp3) is 0.500. The molecule has 3 aliphatic rings. The molecule has 168 valence electrons. The molecule has 0 saturated carbocycles. The number of β-lactam (4-membered cyclic amide) rings is 1. The Morgan fingerprint density at radius 1 is 1.26 bits per heavy atom. The van der Waals surface area contributed by atoms with E-state index in [1.165, 1.54) is 24.0 Å². The van der Waals surface area contributed by atoms with E-state index in [1.54, 1.807) is 6.07 Å². The number of amides is 2. The minimum absolute atomic E-state index is 0.159. The molecule has 0 unspecified atom stereocenters. The van der Waals surface area contributed by atoms with E-state index in [1.807, 2.05) is 0 Å². The number of nitrogens with one attached hydrogen (secondary N) is 1. The average Bonchev–Trinajstić information content (AvgIpc) is 2.80. The standard InChI is InChI=1S/C18H21N3O9S/c1-18(15(16(25)26)21-13(24)5-14(21)31(18,28)29)8-30-17(27)20-6-10(7-20)19-9-2-3-11(22)12(23)4-9/h2-4,10,14-15,19,22-23H,5-8H2,1H3,(H,25,26)/t14-,15+,18+/m1/s1. The van der Waals surface area contributed by atoms with Crippen molar-refractivity contribution in [2.45, 2.75) is 35.5 Å². The summed E-state index contributed by atoms with van der Waals surface area (Å²) >= 11 is 0. The van der Waals surface area contributed by atoms with Crippen LogP contribution in [0.2, 0.25) is 0 Å². The van der Waals surface area contributed by atoms with Crippen LogP contribution in [-0.4, -0.2) is 93.4 Å². The topological polar surface area (TPSA) is 174 Å². The van der Waals surface area contributed by atoms with E-state index >= 15 is 0 Å². The van der Waals surface area contributed by atoms with Gasteiger partial charge in [-0.15, -0.1) is 0 Å². The Bertz CT molecular complexity index is 1070. The van der Waals surface area contributed by atoms with Gasteiger partial charge in [-0.2, -0.15) is 0 Å². The Labute approximate surface area is 176 Å². The van der Waals surface area contributed by atoms with Gasteiger partial charge in [-0.25, -0.2) is 18.0 Å². The van der Waals surface area contributed by atoms with E-state index in [0.717, 1.165) is 4.90 Å². The van der Waals surface area contributed by atoms with Gasteiger partial charge in [-0.1, -0.05) is 0 Å². The summed E-state index contributed by atoms with van der Waals surface area (Å²) in [5, 5.41) is 30.2. The maximum Gasteiger partial charge on any atom is 0.409 e. The molecule has 3 saturated heterocycles. The lowest BCUT2D eigenvalue weighted by atomic mass is 9.97. The highest BCUT2D eigenvalue weighted by atomic mass is 32.2. The van der Waals surface area contributed by atoms with Gasteiger partial charge in [0.1, 0.15) is 16.7 Å². The van der Waals surface area contributed by atoms with Crippen molar-refractivity contribution in [2.24, 2.45) is 0 Å². The molecule has 0 bridgehead atoms. The van der Waals surface area contributed by atoms with Crippen molar-refractivity contribution in [3.8, 4) is 11.5 Å². The number of hydrogen-bond acceptors (Lipinski definition) is 9. The first kappa shape index (κ1) is 21.0. The molecular weight excluding hydrogens is 434 g/mol. The number of likely N-dealkylation sites (tertiary alicyclic amines) is 1. The summed E-state index contributed by atoms with van der Waals surface area (Å²) < 4.78 is 28.8. The SMILES string of the molecule is C[C@]1(COC(=O)N2CC(Nc3ccc(O)c(O)c3)C2)[C@H](C(=O)O)N2C(=O)C[C@H]2S1(=O)=O. The van der Waals surface area contributed by atoms with E-state index in [9.17, 15) is 38.1 Å². The molecule has 3 fully saturated rings. The first-order valence-electron chi connectivity index (χ1n) is 9.43. The largest absolute Gasteiger partial charge is 0.504 e. The Morgan fingerprint density at radius 3 is 2.52 bits per heavy atom. The monoisotopic (exact) mass is 455 g/mol. The maximum atomic E-state index is 12.8. The summed E-state index contributed by atoms with van der Waals surface area (Å²) in [7, 11) is -4.05. The third-order valence-electron chi connectivity index (χ3n) is 6.01. The highest BCUT2D eigenvalue weighted by Crippen LogP contribution is 2.46. The van der Waals surface area contributed by atoms with Crippen LogP contribution in [0, 0.1) is 0 Å². The van der Waals surface area contributed by atoms with Crippen LogP contribution in [0.1, 0.15) is 13.3 Å². The Balaban J connectivity index is 1.36. The minimum atomic E-state index is -4.05. The predicted molar refractivity (Wildman–Crippen MR) is 104 cm³/mol. The van der Waals surface area contributed by atoms with Gasteiger partial charge in [0, 0.05) is 24.8 Å². The molecule has 1 aromatic rings. The summed E-state index contributed by atoms with van der Waals surface area (Å²) in [4.78, 5) is 37.9. The van der Waals surface area contributed by atoms with Gasteiger partial charge in [0.05, 0.1) is 12.5 Å². The molecule has 13 heteroatoms. The van der Waals surface area contributed by atoms with Crippen molar-refractivity contribution in [1.82, 2.24) is 9.80 Å². The van der Waals surface area contributed by atoms with Crippen molar-refractivity contribution in [2.75, 3.05) is 25.0 Å². The van der Waals surface area contributed by atoms with Gasteiger partial charge in [-0.05, 0) is 19.1 Å². The van der Waals surface area contributed by atoms with Crippen LogP contribution < -0.4 is 5.32 Å². The van der Waals surface area contributed by atoms with Gasteiger partial charge in [0.2, 0.25) is 5.91 Å². The highest BCUT2D eigenvalue weighted by Gasteiger charge is 2.70. The number of ether oxygens (including phenoxy) is 1. The van der Waals surface area contributed by atoms with Gasteiger partial charge in [0.15, 0.2) is 27.4 Å². The molecule has 12 nitrogen and oxygen atoms in total. The average molecular weight is 455 g/mol. The van der Waals surface area contributed by atoms with Crippen LogP contribution in [0.4, 0.5) is 10.5 Å². The lowest BCUT2D eigenvalue weighted by Gasteiger charge is -2.39. The molecule has 3 aliphatic heterocycles. The molecular formula is C18H21N3O9S. The van der Waals surface area contributed by atoms with Gasteiger partial charge in [-0.3, -0.25) is 4.79 Å². The van der Waals surface area contributed by atoms with Crippen LogP contribution in [0.5, 0.6) is 11.5 Å². The number of carbonyl (C=O) groups is 3. The van der Waals surface area contributed by atoms with Crippen LogP contribution in [-0.2, 0) is 24.2 Å². The Hall–Kier alpha value is -3.22. The summed E-state index contributed by atoms with van der Waals surface area (Å²) in [5.74, 6) is -2.58. The summed E-state index contributed by atoms with van der Waals surface area (Å²) in [6, 6.07) is 2.42. The number of aliphatic carboxylic acids is 1. The summed E-state index contributed by atoms with van der Waals surface area (Å²) in [6.07, 6.45) is -1.07. The fourth-order valence-electron chi connectivity index (χ4n) is 4.14. The van der Waals surface area contributed by atoms with Crippen molar-refractivity contribution < 1.29 is 42.9 Å². The third kappa shape index (κ3) is 3.10. The number of rotatable bonds is 5. The number of carboxylic acids is 1. The second kappa shape index (κ2) is 6.90. The zero-order valence-corrected chi connectivity index (χ0v) is 17.2. The number of nitrogens with zero attached hydrogens (tertiary/aromatic N) is 2. The van der Waals surface area contributed by atoms with Crippen molar-refractivity contribution in [1.29, 1.82) is 0 Å². The number of benzene rings is 1. The fourth-order valence-corrected chi connectivity index (χ4v) is 6.41. The number of anilines is 1. The molecule has 4 rings (SSSR count). The van der Waals surface area contributed by atoms with Crippen LogP contribution in [0.15, 0.2) is 18.2 Å². The minimum Gasteiger partial charge on any atom is -0.504 e. The zero-order chi connectivity index (χ0) is 22.7. The predicted octanol–water partition coefficient (Wildman–Crippen LogP) is -0.471. The first-order valence-corrected chi connectivity index (χ1v) is 11.0. The van der Waals surface area contributed by atoms with Gasteiger partial charge in [0.25, 0.3) is 0 Å². The highest BCUT2D eigenvalue weighted by molar-refractivity contribution is 7.94. The molecule has 0 radical (unpaired) electrons. The molecule has 0 aliphatic carbocycles. The Kier molecular flexibility index (Phi) is 4.68. The lowest BCUT2D eigenvalue weighted by molar-refractivity contribution is -0.158. The second-order valence-corrected chi connectivity index (χ2v) is 10.6. The lowest BCUT2D eigenvalue weighted by Crippen LogP contribution is -2.59. The summed E-state index contributed by atoms with van der Waals surface area (Å²) in [5.41, 5.74) is 0.538. The molecule has 0 aromatic heterocycles. The summed E-state index contributed by atoms with van der Waals surface area (Å²) in [6.45, 7) is 0.961. The smallest absolute Gasteiger partial charge is 0.409 e. The number of fused-ring (bicyclic) bond motifs is 1. The number of sulfone groups is 1. The van der Waals surface area contributed by atoms with Crippen molar-refractivity contribution >= 4 is 33.5 Å². The van der Waals surface area contributed by atoms with E-state index in [-0.39, 0.29) is 37.1 Å². The van der Waals surface area contributed by atoms with E-state index < -0.39 is 50.6 Å². The number of carbonyl (C=O) groups excluding carboxylic acids is 2. The molecule has 4 N–H and O–H groups in total. The molecule has 1 aromatic carbocycles. The molecule has 3 heterocycles. The number of aromatic hydroxyl groups is 2. The second-order valence-electron chi connectivity index (χ2n) is 8.06. The number of hydrogen-bond donors (Lipinski definition) is 4. The van der Waals surface area contributed by atoms with Gasteiger partial charge >= 0.3 is 12.1 Å². The molecule has 2 amide bonds. The normalized spacial score (nSPS) is 29.0. The zero-order valence-electron chi connectivity index (χ0n) is 16.4. The molecule has 3 atom stereocenters. The van der Waals surface area contributed by atoms with Crippen molar-refractivity contribution in [3.63, 3.8) is 0 Å². The first-order chi connectivity index (χ1) is 14.5. The van der Waals surface area contributed by atoms with E-state index in [2.05, 4.69) is 5.32 Å². The molecule has 0 spiro atoms. The van der Waals surface area contributed by atoms with Crippen LogP contribution >= 0.6 is 0 Å².